The lowest BCUT2D eigenvalue weighted by Crippen LogP contribution is -2.15. The fourth-order valence-corrected chi connectivity index (χ4v) is 3.26. The van der Waals surface area contributed by atoms with Gasteiger partial charge in [-0.2, -0.15) is 10.4 Å². The van der Waals surface area contributed by atoms with Gasteiger partial charge in [0.15, 0.2) is 11.5 Å². The third kappa shape index (κ3) is 4.43. The number of nitriles is 1. The minimum atomic E-state index is -0.458. The molecule has 1 aromatic carbocycles. The second kappa shape index (κ2) is 8.85. The lowest BCUT2D eigenvalue weighted by atomic mass is 10.1. The second-order valence-corrected chi connectivity index (χ2v) is 6.67. The lowest BCUT2D eigenvalue weighted by molar-refractivity contribution is 0.0943. The van der Waals surface area contributed by atoms with Gasteiger partial charge in [-0.15, -0.1) is 0 Å². The zero-order valence-corrected chi connectivity index (χ0v) is 17.3. The van der Waals surface area contributed by atoms with Gasteiger partial charge in [0.05, 0.1) is 22.5 Å². The van der Waals surface area contributed by atoms with E-state index in [0.29, 0.717) is 36.0 Å². The molecule has 6 nitrogen and oxygen atoms in total. The first-order valence-electron chi connectivity index (χ1n) is 8.20. The van der Waals surface area contributed by atoms with Crippen LogP contribution in [-0.2, 0) is 0 Å². The zero-order chi connectivity index (χ0) is 19.3. The van der Waals surface area contributed by atoms with Crippen molar-refractivity contribution in [3.05, 3.63) is 44.3 Å². The maximum absolute atomic E-state index is 12.6. The number of benzene rings is 1. The molecule has 0 saturated carbocycles. The van der Waals surface area contributed by atoms with Crippen molar-refractivity contribution in [3.63, 3.8) is 0 Å². The quantitative estimate of drug-likeness (QED) is 0.364. The number of hydrogen-bond donors (Lipinski definition) is 0. The first kappa shape index (κ1) is 20.0. The summed E-state index contributed by atoms with van der Waals surface area (Å²) in [5, 5.41) is 13.6. The van der Waals surface area contributed by atoms with Crippen LogP contribution in [0.4, 0.5) is 0 Å². The molecule has 1 heterocycles. The third-order valence-electron chi connectivity index (χ3n) is 3.48. The molecule has 0 fully saturated rings. The molecule has 0 aliphatic heterocycles. The number of ether oxygens (including phenoxy) is 2. The number of nitrogens with zero attached hydrogens (tertiary/aromatic N) is 3. The highest BCUT2D eigenvalue weighted by Crippen LogP contribution is 2.35. The molecule has 0 atom stereocenters. The lowest BCUT2D eigenvalue weighted by Gasteiger charge is -2.13. The Balaban J connectivity index is 2.47. The number of halogens is 1. The zero-order valence-electron chi connectivity index (χ0n) is 15.2. The molecule has 0 aliphatic rings. The first-order valence-corrected chi connectivity index (χ1v) is 9.28. The summed E-state index contributed by atoms with van der Waals surface area (Å²) in [4.78, 5) is 12.6. The Morgan fingerprint density at radius 1 is 1.27 bits per heavy atom. The van der Waals surface area contributed by atoms with E-state index in [9.17, 15) is 10.1 Å². The van der Waals surface area contributed by atoms with Crippen LogP contribution in [0.25, 0.3) is 6.08 Å². The topological polar surface area (TPSA) is 77.1 Å². The van der Waals surface area contributed by atoms with Gasteiger partial charge in [-0.05, 0) is 80.1 Å². The molecule has 2 rings (SSSR count). The molecule has 26 heavy (non-hydrogen) atoms. The summed E-state index contributed by atoms with van der Waals surface area (Å²) < 4.78 is 13.4. The molecule has 2 aromatic rings. The molecule has 0 amide bonds. The van der Waals surface area contributed by atoms with Crippen LogP contribution in [0.5, 0.6) is 11.5 Å². The van der Waals surface area contributed by atoms with Gasteiger partial charge in [0, 0.05) is 5.69 Å². The summed E-state index contributed by atoms with van der Waals surface area (Å²) in [6.45, 7) is 8.37. The van der Waals surface area contributed by atoms with E-state index in [0.717, 1.165) is 9.26 Å². The van der Waals surface area contributed by atoms with E-state index in [1.807, 2.05) is 26.0 Å². The van der Waals surface area contributed by atoms with Crippen molar-refractivity contribution in [1.29, 1.82) is 5.26 Å². The predicted octanol–water partition coefficient (Wildman–Crippen LogP) is 4.15. The van der Waals surface area contributed by atoms with Gasteiger partial charge < -0.3 is 9.47 Å². The van der Waals surface area contributed by atoms with Crippen LogP contribution in [-0.4, -0.2) is 28.9 Å². The fourth-order valence-electron chi connectivity index (χ4n) is 2.48. The molecule has 0 N–H and O–H groups in total. The Kier molecular flexibility index (Phi) is 6.80. The van der Waals surface area contributed by atoms with Gasteiger partial charge >= 0.3 is 0 Å². The standard InChI is InChI=1S/C19H20IN3O3/c1-5-25-17-10-14(9-16(20)18(17)26-6-2)8-15(11-21)19(24)23-13(4)7-12(3)22-23/h7-10H,5-6H2,1-4H3/b15-8+. The summed E-state index contributed by atoms with van der Waals surface area (Å²) in [6, 6.07) is 7.38. The molecule has 7 heteroatoms. The Labute approximate surface area is 166 Å². The van der Waals surface area contributed by atoms with Crippen LogP contribution in [0.1, 0.15) is 35.6 Å². The summed E-state index contributed by atoms with van der Waals surface area (Å²) >= 11 is 2.15. The molecule has 0 unspecified atom stereocenters. The smallest absolute Gasteiger partial charge is 0.289 e. The van der Waals surface area contributed by atoms with Crippen molar-refractivity contribution >= 4 is 34.6 Å². The number of rotatable bonds is 6. The molecule has 0 saturated heterocycles. The number of allylic oxidation sites excluding steroid dienone is 1. The predicted molar refractivity (Wildman–Crippen MR) is 107 cm³/mol. The van der Waals surface area contributed by atoms with Gasteiger partial charge in [-0.3, -0.25) is 4.79 Å². The van der Waals surface area contributed by atoms with Gasteiger partial charge in [-0.25, -0.2) is 4.68 Å². The minimum absolute atomic E-state index is 0.00129. The Morgan fingerprint density at radius 3 is 2.50 bits per heavy atom. The second-order valence-electron chi connectivity index (χ2n) is 5.51. The third-order valence-corrected chi connectivity index (χ3v) is 4.29. The summed E-state index contributed by atoms with van der Waals surface area (Å²) in [5.41, 5.74) is 2.10. The number of hydrogen-bond acceptors (Lipinski definition) is 5. The van der Waals surface area contributed by atoms with E-state index in [4.69, 9.17) is 9.47 Å². The largest absolute Gasteiger partial charge is 0.490 e. The Morgan fingerprint density at radius 2 is 1.96 bits per heavy atom. The van der Waals surface area contributed by atoms with E-state index in [1.165, 1.54) is 4.68 Å². The molecular formula is C19H20IN3O3. The average Bonchev–Trinajstić information content (AvgIpc) is 2.93. The number of carbonyl (C=O) groups excluding carboxylic acids is 1. The number of aromatic nitrogens is 2. The molecule has 0 spiro atoms. The van der Waals surface area contributed by atoms with Crippen molar-refractivity contribution in [1.82, 2.24) is 9.78 Å². The van der Waals surface area contributed by atoms with Gasteiger partial charge in [-0.1, -0.05) is 0 Å². The molecule has 136 valence electrons. The monoisotopic (exact) mass is 465 g/mol. The van der Waals surface area contributed by atoms with Crippen molar-refractivity contribution in [2.45, 2.75) is 27.7 Å². The molecule has 0 bridgehead atoms. The fraction of sp³-hybridized carbons (Fsp3) is 0.316. The van der Waals surface area contributed by atoms with Crippen LogP contribution in [0.15, 0.2) is 23.8 Å². The normalized spacial score (nSPS) is 11.2. The SMILES string of the molecule is CCOc1cc(/C=C(\C#N)C(=O)n2nc(C)cc2C)cc(I)c1OCC. The van der Waals surface area contributed by atoms with Crippen molar-refractivity contribution in [3.8, 4) is 17.6 Å². The van der Waals surface area contributed by atoms with Crippen LogP contribution >= 0.6 is 22.6 Å². The van der Waals surface area contributed by atoms with Crippen LogP contribution in [0.3, 0.4) is 0 Å². The van der Waals surface area contributed by atoms with E-state index in [1.54, 1.807) is 32.1 Å². The average molecular weight is 465 g/mol. The van der Waals surface area contributed by atoms with E-state index >= 15 is 0 Å². The van der Waals surface area contributed by atoms with Crippen LogP contribution < -0.4 is 9.47 Å². The highest BCUT2D eigenvalue weighted by atomic mass is 127. The Hall–Kier alpha value is -2.34. The van der Waals surface area contributed by atoms with Gasteiger partial charge in [0.25, 0.3) is 5.91 Å². The summed E-state index contributed by atoms with van der Waals surface area (Å²) in [5.74, 6) is 0.791. The summed E-state index contributed by atoms with van der Waals surface area (Å²) in [7, 11) is 0. The highest BCUT2D eigenvalue weighted by Gasteiger charge is 2.17. The van der Waals surface area contributed by atoms with Crippen molar-refractivity contribution < 1.29 is 14.3 Å². The maximum Gasteiger partial charge on any atom is 0.289 e. The van der Waals surface area contributed by atoms with E-state index in [-0.39, 0.29) is 5.57 Å². The number of carbonyl (C=O) groups is 1. The van der Waals surface area contributed by atoms with Crippen molar-refractivity contribution in [2.75, 3.05) is 13.2 Å². The Bertz CT molecular complexity index is 894. The van der Waals surface area contributed by atoms with Gasteiger partial charge in [0.2, 0.25) is 0 Å². The molecule has 0 aliphatic carbocycles. The van der Waals surface area contributed by atoms with Crippen LogP contribution in [0, 0.1) is 28.7 Å². The molecular weight excluding hydrogens is 445 g/mol. The van der Waals surface area contributed by atoms with E-state index < -0.39 is 5.91 Å². The molecule has 1 aromatic heterocycles. The highest BCUT2D eigenvalue weighted by molar-refractivity contribution is 14.1. The van der Waals surface area contributed by atoms with Crippen LogP contribution in [0.2, 0.25) is 0 Å². The first-order chi connectivity index (χ1) is 12.4. The van der Waals surface area contributed by atoms with Gasteiger partial charge in [0.1, 0.15) is 11.6 Å². The maximum atomic E-state index is 12.6. The summed E-state index contributed by atoms with van der Waals surface area (Å²) in [6.07, 6.45) is 1.54. The van der Waals surface area contributed by atoms with E-state index in [2.05, 4.69) is 27.7 Å². The van der Waals surface area contributed by atoms with Crippen molar-refractivity contribution in [2.24, 2.45) is 0 Å². The minimum Gasteiger partial charge on any atom is -0.490 e. The number of aryl methyl sites for hydroxylation is 2. The molecule has 0 radical (unpaired) electrons.